The van der Waals surface area contributed by atoms with Crippen molar-refractivity contribution in [2.45, 2.75) is 13.3 Å². The molecule has 0 fully saturated rings. The summed E-state index contributed by atoms with van der Waals surface area (Å²) in [7, 11) is 0. The van der Waals surface area contributed by atoms with Crippen molar-refractivity contribution in [1.29, 1.82) is 0 Å². The summed E-state index contributed by atoms with van der Waals surface area (Å²) in [6.07, 6.45) is 9.64. The van der Waals surface area contributed by atoms with E-state index in [2.05, 4.69) is 139 Å². The highest BCUT2D eigenvalue weighted by Crippen LogP contribution is 2.40. The summed E-state index contributed by atoms with van der Waals surface area (Å²) < 4.78 is 2.28. The quantitative estimate of drug-likeness (QED) is 0.234. The van der Waals surface area contributed by atoms with Crippen LogP contribution in [0.15, 0.2) is 115 Å². The molecule has 5 aromatic carbocycles. The molecule has 0 unspecified atom stereocenters. The van der Waals surface area contributed by atoms with Crippen LogP contribution in [0.4, 0.5) is 0 Å². The lowest BCUT2D eigenvalue weighted by molar-refractivity contribution is 1.05. The Morgan fingerprint density at radius 3 is 1.97 bits per heavy atom. The predicted octanol–water partition coefficient (Wildman–Crippen LogP) is 9.25. The number of aromatic nitrogens is 2. The number of aryl methyl sites for hydroxylation is 1. The summed E-state index contributed by atoms with van der Waals surface area (Å²) in [4.78, 5) is 5.16. The summed E-state index contributed by atoms with van der Waals surface area (Å²) in [5.41, 5.74) is 8.14. The van der Waals surface area contributed by atoms with Crippen LogP contribution >= 0.6 is 0 Å². The Balaban J connectivity index is 1.51. The number of hydrogen-bond acceptors (Lipinski definition) is 1. The third kappa shape index (κ3) is 3.53. The lowest BCUT2D eigenvalue weighted by atomic mass is 9.88. The van der Waals surface area contributed by atoms with E-state index in [1.165, 1.54) is 38.2 Å². The maximum Gasteiger partial charge on any atom is 0.145 e. The minimum atomic E-state index is 0.920. The normalized spacial score (nSPS) is 12.7. The van der Waals surface area contributed by atoms with Gasteiger partial charge in [-0.05, 0) is 81.9 Å². The van der Waals surface area contributed by atoms with Crippen molar-refractivity contribution >= 4 is 33.7 Å². The average molecular weight is 475 g/mol. The number of imidazole rings is 1. The van der Waals surface area contributed by atoms with Crippen LogP contribution in [0, 0.1) is 6.92 Å². The molecule has 176 valence electrons. The molecule has 0 spiro atoms. The Hall–Kier alpha value is -4.69. The van der Waals surface area contributed by atoms with Crippen LogP contribution in [-0.4, -0.2) is 9.55 Å². The molecule has 0 radical (unpaired) electrons. The van der Waals surface area contributed by atoms with E-state index < -0.39 is 0 Å². The molecule has 37 heavy (non-hydrogen) atoms. The van der Waals surface area contributed by atoms with Crippen molar-refractivity contribution in [3.05, 3.63) is 132 Å². The molecule has 1 aliphatic carbocycles. The molecular formula is C35H26N2. The molecule has 6 aromatic rings. The Bertz CT molecular complexity index is 1800. The zero-order valence-corrected chi connectivity index (χ0v) is 20.7. The molecule has 0 aliphatic heterocycles. The van der Waals surface area contributed by atoms with Crippen molar-refractivity contribution in [2.75, 3.05) is 0 Å². The van der Waals surface area contributed by atoms with E-state index in [0.717, 1.165) is 34.9 Å². The Kier molecular flexibility index (Phi) is 5.11. The first-order valence-corrected chi connectivity index (χ1v) is 12.8. The maximum absolute atomic E-state index is 5.16. The number of para-hydroxylation sites is 1. The third-order valence-corrected chi connectivity index (χ3v) is 7.39. The Labute approximate surface area is 216 Å². The van der Waals surface area contributed by atoms with Crippen LogP contribution in [0.5, 0.6) is 0 Å². The summed E-state index contributed by atoms with van der Waals surface area (Å²) in [6, 6.07) is 36.9. The predicted molar refractivity (Wildman–Crippen MR) is 157 cm³/mol. The van der Waals surface area contributed by atoms with Crippen LogP contribution in [0.3, 0.4) is 0 Å². The first-order valence-electron chi connectivity index (χ1n) is 12.8. The molecule has 1 aliphatic rings. The maximum atomic E-state index is 5.16. The van der Waals surface area contributed by atoms with E-state index in [9.17, 15) is 0 Å². The molecule has 0 atom stereocenters. The first-order chi connectivity index (χ1) is 18.3. The van der Waals surface area contributed by atoms with Gasteiger partial charge < -0.3 is 0 Å². The third-order valence-electron chi connectivity index (χ3n) is 7.39. The fourth-order valence-corrected chi connectivity index (χ4v) is 5.67. The monoisotopic (exact) mass is 474 g/mol. The molecule has 1 heterocycles. The van der Waals surface area contributed by atoms with E-state index in [0.29, 0.717) is 0 Å². The lowest BCUT2D eigenvalue weighted by Gasteiger charge is -2.16. The first kappa shape index (κ1) is 21.6. The topological polar surface area (TPSA) is 17.8 Å². The summed E-state index contributed by atoms with van der Waals surface area (Å²) >= 11 is 0. The number of hydrogen-bond donors (Lipinski definition) is 0. The molecule has 0 N–H and O–H groups in total. The average Bonchev–Trinajstić information content (AvgIpc) is 3.16. The van der Waals surface area contributed by atoms with Gasteiger partial charge in [-0.2, -0.15) is 0 Å². The fraction of sp³-hybridized carbons (Fsp3) is 0.0571. The van der Waals surface area contributed by atoms with Gasteiger partial charge in [-0.15, -0.1) is 0 Å². The van der Waals surface area contributed by atoms with Gasteiger partial charge in [-0.25, -0.2) is 4.98 Å². The summed E-state index contributed by atoms with van der Waals surface area (Å²) in [5, 5.41) is 5.16. The van der Waals surface area contributed by atoms with Gasteiger partial charge in [0.15, 0.2) is 0 Å². The van der Waals surface area contributed by atoms with Gasteiger partial charge >= 0.3 is 0 Å². The Morgan fingerprint density at radius 1 is 0.622 bits per heavy atom. The zero-order chi connectivity index (χ0) is 24.8. The van der Waals surface area contributed by atoms with E-state index in [4.69, 9.17) is 4.98 Å². The summed E-state index contributed by atoms with van der Waals surface area (Å²) in [6.45, 7) is 2.23. The fourth-order valence-electron chi connectivity index (χ4n) is 5.67. The highest BCUT2D eigenvalue weighted by Gasteiger charge is 2.19. The Morgan fingerprint density at radius 2 is 1.24 bits per heavy atom. The SMILES string of the molecule is Cc1c2ccccc2c(-c2cccc(-c3nc4c(n3-c3ccccc3)C=CCC=C4)c2)c2ccccc12. The standard InChI is InChI=1S/C35H26N2/c1-24-28-17-8-10-19-30(28)34(31-20-11-9-18-29(24)31)25-13-12-14-26(23-25)35-36-32-21-6-3-7-22-33(32)37(35)27-15-4-2-5-16-27/h2,4-23H,3H2,1H3. The molecular weight excluding hydrogens is 448 g/mol. The van der Waals surface area contributed by atoms with Crippen LogP contribution < -0.4 is 0 Å². The second-order valence-corrected chi connectivity index (χ2v) is 9.59. The van der Waals surface area contributed by atoms with Crippen LogP contribution in [-0.2, 0) is 0 Å². The second kappa shape index (κ2) is 8.76. The number of nitrogens with zero attached hydrogens (tertiary/aromatic N) is 2. The number of fused-ring (bicyclic) bond motifs is 3. The summed E-state index contributed by atoms with van der Waals surface area (Å²) in [5.74, 6) is 0.954. The van der Waals surface area contributed by atoms with E-state index in [-0.39, 0.29) is 0 Å². The number of allylic oxidation sites excluding steroid dienone is 2. The molecule has 0 bridgehead atoms. The van der Waals surface area contributed by atoms with Gasteiger partial charge in [0.25, 0.3) is 0 Å². The highest BCUT2D eigenvalue weighted by molar-refractivity contribution is 6.15. The molecule has 7 rings (SSSR count). The van der Waals surface area contributed by atoms with E-state index in [1.54, 1.807) is 0 Å². The van der Waals surface area contributed by atoms with Crippen LogP contribution in [0.2, 0.25) is 0 Å². The van der Waals surface area contributed by atoms with Crippen LogP contribution in [0.25, 0.3) is 61.9 Å². The largest absolute Gasteiger partial charge is 0.292 e. The molecule has 2 nitrogen and oxygen atoms in total. The molecule has 0 amide bonds. The van der Waals surface area contributed by atoms with Crippen molar-refractivity contribution in [1.82, 2.24) is 9.55 Å². The minimum Gasteiger partial charge on any atom is -0.292 e. The molecule has 2 heteroatoms. The number of rotatable bonds is 3. The van der Waals surface area contributed by atoms with Crippen molar-refractivity contribution in [3.63, 3.8) is 0 Å². The minimum absolute atomic E-state index is 0.920. The van der Waals surface area contributed by atoms with E-state index in [1.807, 2.05) is 0 Å². The van der Waals surface area contributed by atoms with Gasteiger partial charge in [0.2, 0.25) is 0 Å². The van der Waals surface area contributed by atoms with Crippen molar-refractivity contribution in [3.8, 4) is 28.2 Å². The lowest BCUT2D eigenvalue weighted by Crippen LogP contribution is -2.00. The second-order valence-electron chi connectivity index (χ2n) is 9.59. The van der Waals surface area contributed by atoms with Gasteiger partial charge in [0, 0.05) is 11.3 Å². The molecule has 1 aromatic heterocycles. The zero-order valence-electron chi connectivity index (χ0n) is 20.7. The smallest absolute Gasteiger partial charge is 0.145 e. The van der Waals surface area contributed by atoms with Gasteiger partial charge in [-0.1, -0.05) is 97.1 Å². The van der Waals surface area contributed by atoms with Gasteiger partial charge in [0.1, 0.15) is 5.82 Å². The highest BCUT2D eigenvalue weighted by atomic mass is 15.1. The van der Waals surface area contributed by atoms with Gasteiger partial charge in [0.05, 0.1) is 11.4 Å². The van der Waals surface area contributed by atoms with Crippen molar-refractivity contribution in [2.24, 2.45) is 0 Å². The van der Waals surface area contributed by atoms with Crippen molar-refractivity contribution < 1.29 is 0 Å². The van der Waals surface area contributed by atoms with Gasteiger partial charge in [-0.3, -0.25) is 4.57 Å². The molecule has 0 saturated heterocycles. The van der Waals surface area contributed by atoms with Crippen LogP contribution in [0.1, 0.15) is 23.4 Å². The van der Waals surface area contributed by atoms with E-state index >= 15 is 0 Å². The molecule has 0 saturated carbocycles. The number of benzene rings is 5.